The van der Waals surface area contributed by atoms with Gasteiger partial charge in [0, 0.05) is 0 Å². The van der Waals surface area contributed by atoms with Crippen molar-refractivity contribution in [2.75, 3.05) is 19.5 Å². The van der Waals surface area contributed by atoms with Crippen LogP contribution in [0.3, 0.4) is 0 Å². The van der Waals surface area contributed by atoms with Gasteiger partial charge in [0.1, 0.15) is 11.6 Å². The van der Waals surface area contributed by atoms with E-state index in [1.807, 2.05) is 31.2 Å². The summed E-state index contributed by atoms with van der Waals surface area (Å²) < 4.78 is 9.70. The number of ether oxygens (including phenoxy) is 2. The van der Waals surface area contributed by atoms with Crippen molar-refractivity contribution in [2.45, 2.75) is 13.0 Å². The number of carbonyl (C=O) groups is 1. The molecule has 6 heteroatoms. The van der Waals surface area contributed by atoms with Gasteiger partial charge in [-0.25, -0.2) is 4.79 Å². The zero-order valence-corrected chi connectivity index (χ0v) is 12.2. The lowest BCUT2D eigenvalue weighted by Gasteiger charge is -2.15. The van der Waals surface area contributed by atoms with E-state index >= 15 is 0 Å². The van der Waals surface area contributed by atoms with Crippen LogP contribution in [0.1, 0.15) is 29.0 Å². The number of rotatable bonds is 5. The van der Waals surface area contributed by atoms with Crippen LogP contribution in [0.2, 0.25) is 0 Å². The third kappa shape index (κ3) is 3.68. The summed E-state index contributed by atoms with van der Waals surface area (Å²) in [5, 5.41) is 11.0. The van der Waals surface area contributed by atoms with Crippen LogP contribution in [0.4, 0.5) is 5.82 Å². The highest BCUT2D eigenvalue weighted by Crippen LogP contribution is 2.20. The standard InChI is InChI=1S/C15H17N3O3/c1-10(11-4-6-12(20-2)7-5-11)16-14-9-8-13(17-18-14)15(19)21-3/h4-10H,1-3H3,(H,16,18). The number of nitrogens with one attached hydrogen (secondary N) is 1. The molecule has 0 fully saturated rings. The molecule has 0 spiro atoms. The van der Waals surface area contributed by atoms with Crippen LogP contribution in [0, 0.1) is 0 Å². The summed E-state index contributed by atoms with van der Waals surface area (Å²) >= 11 is 0. The second kappa shape index (κ2) is 6.69. The van der Waals surface area contributed by atoms with Crippen LogP contribution in [-0.2, 0) is 4.74 Å². The highest BCUT2D eigenvalue weighted by atomic mass is 16.5. The molecule has 2 rings (SSSR count). The van der Waals surface area contributed by atoms with E-state index in [9.17, 15) is 4.79 Å². The monoisotopic (exact) mass is 287 g/mol. The average molecular weight is 287 g/mol. The lowest BCUT2D eigenvalue weighted by molar-refractivity contribution is 0.0593. The highest BCUT2D eigenvalue weighted by molar-refractivity contribution is 5.86. The van der Waals surface area contributed by atoms with Crippen molar-refractivity contribution >= 4 is 11.8 Å². The van der Waals surface area contributed by atoms with Gasteiger partial charge >= 0.3 is 5.97 Å². The van der Waals surface area contributed by atoms with Crippen molar-refractivity contribution in [3.8, 4) is 5.75 Å². The van der Waals surface area contributed by atoms with Crippen molar-refractivity contribution in [1.29, 1.82) is 0 Å². The Labute approximate surface area is 123 Å². The van der Waals surface area contributed by atoms with Gasteiger partial charge < -0.3 is 14.8 Å². The first-order valence-corrected chi connectivity index (χ1v) is 6.46. The van der Waals surface area contributed by atoms with Crippen LogP contribution in [0.25, 0.3) is 0 Å². The molecule has 0 bridgehead atoms. The van der Waals surface area contributed by atoms with E-state index in [0.717, 1.165) is 11.3 Å². The van der Waals surface area contributed by atoms with Crippen molar-refractivity contribution in [1.82, 2.24) is 10.2 Å². The number of nitrogens with zero attached hydrogens (tertiary/aromatic N) is 2. The van der Waals surface area contributed by atoms with Crippen LogP contribution < -0.4 is 10.1 Å². The molecule has 6 nitrogen and oxygen atoms in total. The molecule has 21 heavy (non-hydrogen) atoms. The summed E-state index contributed by atoms with van der Waals surface area (Å²) in [6.45, 7) is 2.01. The van der Waals surface area contributed by atoms with Gasteiger partial charge in [-0.1, -0.05) is 12.1 Å². The molecule has 0 aliphatic heterocycles. The molecule has 0 saturated heterocycles. The lowest BCUT2D eigenvalue weighted by Crippen LogP contribution is -2.10. The fraction of sp³-hybridized carbons (Fsp3) is 0.267. The van der Waals surface area contributed by atoms with E-state index in [1.54, 1.807) is 19.2 Å². The predicted octanol–water partition coefficient (Wildman–Crippen LogP) is 2.44. The maximum atomic E-state index is 11.3. The summed E-state index contributed by atoms with van der Waals surface area (Å²) in [6.07, 6.45) is 0. The maximum Gasteiger partial charge on any atom is 0.358 e. The van der Waals surface area contributed by atoms with Gasteiger partial charge in [0.15, 0.2) is 5.69 Å². The van der Waals surface area contributed by atoms with Crippen LogP contribution in [0.15, 0.2) is 36.4 Å². The fourth-order valence-electron chi connectivity index (χ4n) is 1.82. The van der Waals surface area contributed by atoms with Crippen LogP contribution in [0.5, 0.6) is 5.75 Å². The number of hydrogen-bond donors (Lipinski definition) is 1. The molecule has 1 aromatic heterocycles. The molecule has 0 aliphatic carbocycles. The highest BCUT2D eigenvalue weighted by Gasteiger charge is 2.10. The SMILES string of the molecule is COC(=O)c1ccc(NC(C)c2ccc(OC)cc2)nn1. The predicted molar refractivity (Wildman–Crippen MR) is 78.4 cm³/mol. The number of benzene rings is 1. The molecule has 1 heterocycles. The van der Waals surface area contributed by atoms with E-state index < -0.39 is 5.97 Å². The zero-order chi connectivity index (χ0) is 15.2. The molecule has 1 atom stereocenters. The van der Waals surface area contributed by atoms with Crippen LogP contribution in [-0.4, -0.2) is 30.4 Å². The Hall–Kier alpha value is -2.63. The van der Waals surface area contributed by atoms with Crippen molar-refractivity contribution in [3.63, 3.8) is 0 Å². The molecule has 1 N–H and O–H groups in total. The van der Waals surface area contributed by atoms with Gasteiger partial charge in [0.2, 0.25) is 0 Å². The van der Waals surface area contributed by atoms with Gasteiger partial charge in [-0.2, -0.15) is 0 Å². The molecule has 1 aromatic carbocycles. The Morgan fingerprint density at radius 1 is 1.10 bits per heavy atom. The largest absolute Gasteiger partial charge is 0.497 e. The van der Waals surface area contributed by atoms with Gasteiger partial charge in [0.25, 0.3) is 0 Å². The molecule has 1 unspecified atom stereocenters. The molecule has 0 aliphatic rings. The molecular weight excluding hydrogens is 270 g/mol. The topological polar surface area (TPSA) is 73.3 Å². The number of hydrogen-bond acceptors (Lipinski definition) is 6. The number of carbonyl (C=O) groups excluding carboxylic acids is 1. The first-order chi connectivity index (χ1) is 10.1. The van der Waals surface area contributed by atoms with E-state index in [-0.39, 0.29) is 11.7 Å². The third-order valence-corrected chi connectivity index (χ3v) is 3.04. The quantitative estimate of drug-likeness (QED) is 0.851. The third-order valence-electron chi connectivity index (χ3n) is 3.04. The molecule has 0 saturated carbocycles. The second-order valence-corrected chi connectivity index (χ2v) is 4.43. The van der Waals surface area contributed by atoms with Gasteiger partial charge in [-0.15, -0.1) is 10.2 Å². The Morgan fingerprint density at radius 2 is 1.81 bits per heavy atom. The van der Waals surface area contributed by atoms with Gasteiger partial charge in [-0.3, -0.25) is 0 Å². The number of esters is 1. The van der Waals surface area contributed by atoms with Crippen molar-refractivity contribution in [2.24, 2.45) is 0 Å². The summed E-state index contributed by atoms with van der Waals surface area (Å²) in [5.41, 5.74) is 1.27. The van der Waals surface area contributed by atoms with Crippen LogP contribution >= 0.6 is 0 Å². The number of methoxy groups -OCH3 is 2. The smallest absolute Gasteiger partial charge is 0.358 e. The van der Waals surface area contributed by atoms with Gasteiger partial charge in [-0.05, 0) is 36.8 Å². The van der Waals surface area contributed by atoms with E-state index in [2.05, 4.69) is 20.3 Å². The molecule has 110 valence electrons. The summed E-state index contributed by atoms with van der Waals surface area (Å²) in [6, 6.07) is 11.1. The summed E-state index contributed by atoms with van der Waals surface area (Å²) in [5.74, 6) is 0.899. The average Bonchev–Trinajstić information content (AvgIpc) is 2.55. The number of aromatic nitrogens is 2. The minimum atomic E-state index is -0.503. The minimum absolute atomic E-state index is 0.0502. The summed E-state index contributed by atoms with van der Waals surface area (Å²) in [7, 11) is 2.94. The molecular formula is C15H17N3O3. The normalized spacial score (nSPS) is 11.6. The Kier molecular flexibility index (Phi) is 4.71. The lowest BCUT2D eigenvalue weighted by atomic mass is 10.1. The van der Waals surface area contributed by atoms with E-state index in [4.69, 9.17) is 4.74 Å². The van der Waals surface area contributed by atoms with E-state index in [1.165, 1.54) is 7.11 Å². The first kappa shape index (κ1) is 14.8. The molecule has 0 radical (unpaired) electrons. The first-order valence-electron chi connectivity index (χ1n) is 6.46. The Morgan fingerprint density at radius 3 is 2.33 bits per heavy atom. The van der Waals surface area contributed by atoms with Gasteiger partial charge in [0.05, 0.1) is 20.3 Å². The maximum absolute atomic E-state index is 11.3. The Balaban J connectivity index is 2.04. The van der Waals surface area contributed by atoms with E-state index in [0.29, 0.717) is 5.82 Å². The molecule has 0 amide bonds. The second-order valence-electron chi connectivity index (χ2n) is 4.43. The van der Waals surface area contributed by atoms with Crippen molar-refractivity contribution < 1.29 is 14.3 Å². The minimum Gasteiger partial charge on any atom is -0.497 e. The summed E-state index contributed by atoms with van der Waals surface area (Å²) in [4.78, 5) is 11.3. The number of anilines is 1. The fourth-order valence-corrected chi connectivity index (χ4v) is 1.82. The van der Waals surface area contributed by atoms with Crippen molar-refractivity contribution in [3.05, 3.63) is 47.7 Å². The Bertz CT molecular complexity index is 597. The molecule has 2 aromatic rings. The zero-order valence-electron chi connectivity index (χ0n) is 12.2.